The molecule has 1 unspecified atom stereocenters. The molecule has 1 aromatic rings. The highest BCUT2D eigenvalue weighted by Gasteiger charge is 2.21. The Morgan fingerprint density at radius 1 is 1.11 bits per heavy atom. The van der Waals surface area contributed by atoms with Crippen LogP contribution in [-0.2, 0) is 19.5 Å². The molecule has 18 heavy (non-hydrogen) atoms. The van der Waals surface area contributed by atoms with Crippen LogP contribution >= 0.6 is 0 Å². The summed E-state index contributed by atoms with van der Waals surface area (Å²) in [6.07, 6.45) is 7.70. The van der Waals surface area contributed by atoms with E-state index in [1.807, 2.05) is 0 Å². The third-order valence-electron chi connectivity index (χ3n) is 4.58. The third-order valence-corrected chi connectivity index (χ3v) is 4.58. The second kappa shape index (κ2) is 5.39. The SMILES string of the molecule is CCC1CCc2nnc(CN3CCCC3)n2CC1. The molecule has 100 valence electrons. The van der Waals surface area contributed by atoms with E-state index in [0.29, 0.717) is 0 Å². The van der Waals surface area contributed by atoms with E-state index in [4.69, 9.17) is 0 Å². The molecule has 1 fully saturated rings. The van der Waals surface area contributed by atoms with Gasteiger partial charge < -0.3 is 4.57 Å². The number of aryl methyl sites for hydroxylation is 1. The minimum atomic E-state index is 0.881. The van der Waals surface area contributed by atoms with E-state index in [1.54, 1.807) is 0 Å². The van der Waals surface area contributed by atoms with Crippen LogP contribution in [0.3, 0.4) is 0 Å². The Labute approximate surface area is 109 Å². The lowest BCUT2D eigenvalue weighted by Gasteiger charge is -2.15. The molecular weight excluding hydrogens is 224 g/mol. The third kappa shape index (κ3) is 2.44. The van der Waals surface area contributed by atoms with Gasteiger partial charge >= 0.3 is 0 Å². The van der Waals surface area contributed by atoms with Crippen LogP contribution in [0.25, 0.3) is 0 Å². The highest BCUT2D eigenvalue weighted by molar-refractivity contribution is 4.99. The van der Waals surface area contributed by atoms with Crippen LogP contribution in [0.4, 0.5) is 0 Å². The molecule has 0 radical (unpaired) electrons. The Balaban J connectivity index is 1.71. The molecule has 3 heterocycles. The molecule has 2 aliphatic rings. The van der Waals surface area contributed by atoms with Crippen molar-refractivity contribution in [1.82, 2.24) is 19.7 Å². The molecule has 0 saturated carbocycles. The van der Waals surface area contributed by atoms with Crippen LogP contribution in [0.15, 0.2) is 0 Å². The van der Waals surface area contributed by atoms with Gasteiger partial charge in [-0.2, -0.15) is 0 Å². The predicted molar refractivity (Wildman–Crippen MR) is 71.3 cm³/mol. The molecule has 4 heteroatoms. The summed E-state index contributed by atoms with van der Waals surface area (Å²) in [6.45, 7) is 6.91. The van der Waals surface area contributed by atoms with E-state index >= 15 is 0 Å². The Bertz CT molecular complexity index is 392. The first-order chi connectivity index (χ1) is 8.86. The normalized spacial score (nSPS) is 25.1. The number of hydrogen-bond acceptors (Lipinski definition) is 3. The van der Waals surface area contributed by atoms with Gasteiger partial charge in [0.25, 0.3) is 0 Å². The van der Waals surface area contributed by atoms with Gasteiger partial charge in [-0.1, -0.05) is 13.3 Å². The zero-order chi connectivity index (χ0) is 12.4. The molecule has 0 N–H and O–H groups in total. The minimum Gasteiger partial charge on any atom is -0.314 e. The Morgan fingerprint density at radius 2 is 1.94 bits per heavy atom. The Morgan fingerprint density at radius 3 is 2.72 bits per heavy atom. The summed E-state index contributed by atoms with van der Waals surface area (Å²) in [5.74, 6) is 3.30. The van der Waals surface area contributed by atoms with Crippen LogP contribution in [0.2, 0.25) is 0 Å². The average Bonchev–Trinajstić information content (AvgIpc) is 2.97. The number of hydrogen-bond donors (Lipinski definition) is 0. The molecule has 1 atom stereocenters. The van der Waals surface area contributed by atoms with Crippen molar-refractivity contribution in [2.45, 2.75) is 58.5 Å². The summed E-state index contributed by atoms with van der Waals surface area (Å²) < 4.78 is 2.40. The first kappa shape index (κ1) is 12.2. The highest BCUT2D eigenvalue weighted by Crippen LogP contribution is 2.23. The van der Waals surface area contributed by atoms with Crippen molar-refractivity contribution >= 4 is 0 Å². The second-order valence-electron chi connectivity index (χ2n) is 5.77. The van der Waals surface area contributed by atoms with Crippen LogP contribution in [0.5, 0.6) is 0 Å². The molecule has 2 aliphatic heterocycles. The molecule has 0 spiro atoms. The number of nitrogens with zero attached hydrogens (tertiary/aromatic N) is 4. The fraction of sp³-hybridized carbons (Fsp3) is 0.857. The number of fused-ring (bicyclic) bond motifs is 1. The van der Waals surface area contributed by atoms with Gasteiger partial charge in [0, 0.05) is 13.0 Å². The summed E-state index contributed by atoms with van der Waals surface area (Å²) in [5, 5.41) is 8.84. The molecule has 0 amide bonds. The number of likely N-dealkylation sites (tertiary alicyclic amines) is 1. The van der Waals surface area contributed by atoms with Crippen molar-refractivity contribution in [1.29, 1.82) is 0 Å². The van der Waals surface area contributed by atoms with Gasteiger partial charge in [-0.3, -0.25) is 4.90 Å². The first-order valence-corrected chi connectivity index (χ1v) is 7.50. The van der Waals surface area contributed by atoms with E-state index in [2.05, 4.69) is 26.6 Å². The van der Waals surface area contributed by atoms with Gasteiger partial charge in [0.15, 0.2) is 0 Å². The van der Waals surface area contributed by atoms with Crippen molar-refractivity contribution in [3.05, 3.63) is 11.6 Å². The fourth-order valence-electron chi connectivity index (χ4n) is 3.27. The Hall–Kier alpha value is -0.900. The van der Waals surface area contributed by atoms with E-state index in [1.165, 1.54) is 56.8 Å². The van der Waals surface area contributed by atoms with Gasteiger partial charge in [0.1, 0.15) is 11.6 Å². The zero-order valence-corrected chi connectivity index (χ0v) is 11.4. The van der Waals surface area contributed by atoms with Crippen molar-refractivity contribution < 1.29 is 0 Å². The summed E-state index contributed by atoms with van der Waals surface area (Å²) >= 11 is 0. The van der Waals surface area contributed by atoms with Gasteiger partial charge in [0.2, 0.25) is 0 Å². The zero-order valence-electron chi connectivity index (χ0n) is 11.4. The summed E-state index contributed by atoms with van der Waals surface area (Å²) in [7, 11) is 0. The van der Waals surface area contributed by atoms with Crippen LogP contribution in [0.1, 0.15) is 50.7 Å². The molecule has 0 aliphatic carbocycles. The standard InChI is InChI=1S/C14H24N4/c1-2-12-5-6-13-15-16-14(18(13)10-7-12)11-17-8-3-4-9-17/h12H,2-11H2,1H3. The maximum atomic E-state index is 4.43. The largest absolute Gasteiger partial charge is 0.314 e. The quantitative estimate of drug-likeness (QED) is 0.822. The molecule has 0 aromatic carbocycles. The predicted octanol–water partition coefficient (Wildman–Crippen LogP) is 2.24. The maximum absolute atomic E-state index is 4.43. The van der Waals surface area contributed by atoms with Crippen molar-refractivity contribution in [3.8, 4) is 0 Å². The molecule has 3 rings (SSSR count). The number of aromatic nitrogens is 3. The lowest BCUT2D eigenvalue weighted by molar-refractivity contribution is 0.313. The lowest BCUT2D eigenvalue weighted by atomic mass is 9.98. The maximum Gasteiger partial charge on any atom is 0.147 e. The smallest absolute Gasteiger partial charge is 0.147 e. The van der Waals surface area contributed by atoms with E-state index < -0.39 is 0 Å². The lowest BCUT2D eigenvalue weighted by Crippen LogP contribution is -2.21. The van der Waals surface area contributed by atoms with E-state index in [-0.39, 0.29) is 0 Å². The molecular formula is C14H24N4. The molecule has 4 nitrogen and oxygen atoms in total. The Kier molecular flexibility index (Phi) is 3.64. The number of rotatable bonds is 3. The van der Waals surface area contributed by atoms with E-state index in [0.717, 1.165) is 25.4 Å². The highest BCUT2D eigenvalue weighted by atomic mass is 15.3. The van der Waals surface area contributed by atoms with Crippen LogP contribution < -0.4 is 0 Å². The summed E-state index contributed by atoms with van der Waals surface area (Å²) in [4.78, 5) is 2.51. The second-order valence-corrected chi connectivity index (χ2v) is 5.77. The van der Waals surface area contributed by atoms with Gasteiger partial charge in [-0.25, -0.2) is 0 Å². The van der Waals surface area contributed by atoms with Crippen molar-refractivity contribution in [2.75, 3.05) is 13.1 Å². The molecule has 0 bridgehead atoms. The minimum absolute atomic E-state index is 0.881. The summed E-state index contributed by atoms with van der Waals surface area (Å²) in [5.41, 5.74) is 0. The molecule has 1 aromatic heterocycles. The van der Waals surface area contributed by atoms with Gasteiger partial charge in [-0.15, -0.1) is 10.2 Å². The topological polar surface area (TPSA) is 34.0 Å². The van der Waals surface area contributed by atoms with Crippen molar-refractivity contribution in [2.24, 2.45) is 5.92 Å². The fourth-order valence-corrected chi connectivity index (χ4v) is 3.27. The summed E-state index contributed by atoms with van der Waals surface area (Å²) in [6, 6.07) is 0. The molecule has 1 saturated heterocycles. The van der Waals surface area contributed by atoms with E-state index in [9.17, 15) is 0 Å². The van der Waals surface area contributed by atoms with Crippen LogP contribution in [-0.4, -0.2) is 32.8 Å². The van der Waals surface area contributed by atoms with Gasteiger partial charge in [-0.05, 0) is 44.7 Å². The van der Waals surface area contributed by atoms with Crippen LogP contribution in [0, 0.1) is 5.92 Å². The van der Waals surface area contributed by atoms with Crippen molar-refractivity contribution in [3.63, 3.8) is 0 Å². The first-order valence-electron chi connectivity index (χ1n) is 7.50. The monoisotopic (exact) mass is 248 g/mol. The average molecular weight is 248 g/mol. The van der Waals surface area contributed by atoms with Gasteiger partial charge in [0.05, 0.1) is 6.54 Å².